The number of rotatable bonds is 3. The summed E-state index contributed by atoms with van der Waals surface area (Å²) >= 11 is 7.41. The van der Waals surface area contributed by atoms with E-state index in [1.165, 1.54) is 11.3 Å². The van der Waals surface area contributed by atoms with Crippen molar-refractivity contribution in [2.75, 3.05) is 11.5 Å². The van der Waals surface area contributed by atoms with Crippen LogP contribution in [0.15, 0.2) is 29.6 Å². The normalized spacial score (nSPS) is 20.7. The van der Waals surface area contributed by atoms with Gasteiger partial charge in [-0.1, -0.05) is 23.7 Å². The molecule has 0 radical (unpaired) electrons. The second-order valence-corrected chi connectivity index (χ2v) is 6.82. The van der Waals surface area contributed by atoms with Crippen LogP contribution in [0.4, 0.5) is 5.13 Å². The number of aromatic nitrogens is 1. The van der Waals surface area contributed by atoms with Crippen LogP contribution in [-0.2, 0) is 9.53 Å². The van der Waals surface area contributed by atoms with Gasteiger partial charge in [0.05, 0.1) is 17.8 Å². The van der Waals surface area contributed by atoms with Gasteiger partial charge in [-0.3, -0.25) is 4.79 Å². The number of nitrogens with zero attached hydrogens (tertiary/aromatic N) is 2. The van der Waals surface area contributed by atoms with Gasteiger partial charge >= 0.3 is 0 Å². The lowest BCUT2D eigenvalue weighted by molar-refractivity contribution is -0.115. The molecule has 1 aromatic carbocycles. The highest BCUT2D eigenvalue weighted by atomic mass is 35.5. The molecule has 4 nitrogen and oxygen atoms in total. The molecular weight excluding hydrogens is 308 g/mol. The van der Waals surface area contributed by atoms with Crippen molar-refractivity contribution in [3.63, 3.8) is 0 Å². The lowest BCUT2D eigenvalue weighted by atomic mass is 10.1. The number of thiazole rings is 1. The number of carbonyl (C=O) groups excluding carboxylic acids is 1. The summed E-state index contributed by atoms with van der Waals surface area (Å²) in [6.45, 7) is 4.59. The van der Waals surface area contributed by atoms with E-state index in [2.05, 4.69) is 4.98 Å². The van der Waals surface area contributed by atoms with E-state index in [9.17, 15) is 4.79 Å². The van der Waals surface area contributed by atoms with Gasteiger partial charge in [0.2, 0.25) is 0 Å². The van der Waals surface area contributed by atoms with E-state index < -0.39 is 6.23 Å². The van der Waals surface area contributed by atoms with Gasteiger partial charge in [0, 0.05) is 16.0 Å². The van der Waals surface area contributed by atoms with Gasteiger partial charge in [0.1, 0.15) is 0 Å². The summed E-state index contributed by atoms with van der Waals surface area (Å²) in [4.78, 5) is 17.8. The summed E-state index contributed by atoms with van der Waals surface area (Å²) in [5.74, 6) is 0. The van der Waals surface area contributed by atoms with Gasteiger partial charge < -0.3 is 9.64 Å². The molecule has 0 aliphatic carbocycles. The van der Waals surface area contributed by atoms with Crippen LogP contribution in [0, 0.1) is 0 Å². The Balaban J connectivity index is 1.94. The lowest BCUT2D eigenvalue weighted by Crippen LogP contribution is -2.45. The van der Waals surface area contributed by atoms with E-state index in [1.54, 1.807) is 0 Å². The highest BCUT2D eigenvalue weighted by Crippen LogP contribution is 2.36. The second kappa shape index (κ2) is 5.40. The largest absolute Gasteiger partial charge is 0.349 e. The van der Waals surface area contributed by atoms with Crippen LogP contribution >= 0.6 is 22.9 Å². The van der Waals surface area contributed by atoms with E-state index in [4.69, 9.17) is 16.3 Å². The Kier molecular flexibility index (Phi) is 3.73. The maximum absolute atomic E-state index is 11.2. The Bertz CT molecular complexity index is 654. The minimum atomic E-state index is -0.566. The molecule has 1 saturated heterocycles. The average Bonchev–Trinajstić information content (AvgIpc) is 3.03. The van der Waals surface area contributed by atoms with E-state index in [0.717, 1.165) is 22.7 Å². The predicted octanol–water partition coefficient (Wildman–Crippen LogP) is 3.60. The van der Waals surface area contributed by atoms with Gasteiger partial charge in [-0.15, -0.1) is 11.3 Å². The zero-order valence-corrected chi connectivity index (χ0v) is 13.3. The highest BCUT2D eigenvalue weighted by Gasteiger charge is 2.42. The summed E-state index contributed by atoms with van der Waals surface area (Å²) in [7, 11) is 0. The third-order valence-electron chi connectivity index (χ3n) is 3.47. The zero-order valence-electron chi connectivity index (χ0n) is 11.7. The Labute approximate surface area is 132 Å². The summed E-state index contributed by atoms with van der Waals surface area (Å²) in [5, 5.41) is 3.47. The van der Waals surface area contributed by atoms with Crippen LogP contribution in [0.25, 0.3) is 11.3 Å². The molecule has 110 valence electrons. The van der Waals surface area contributed by atoms with Crippen molar-refractivity contribution in [3.05, 3.63) is 34.7 Å². The molecule has 0 N–H and O–H groups in total. The van der Waals surface area contributed by atoms with E-state index in [-0.39, 0.29) is 5.54 Å². The first-order chi connectivity index (χ1) is 10.0. The Morgan fingerprint density at radius 2 is 2.14 bits per heavy atom. The van der Waals surface area contributed by atoms with Crippen LogP contribution < -0.4 is 4.90 Å². The fourth-order valence-corrected chi connectivity index (χ4v) is 3.52. The predicted molar refractivity (Wildman–Crippen MR) is 84.9 cm³/mol. The van der Waals surface area contributed by atoms with Crippen molar-refractivity contribution < 1.29 is 9.53 Å². The highest BCUT2D eigenvalue weighted by molar-refractivity contribution is 7.14. The maximum Gasteiger partial charge on any atom is 0.189 e. The third kappa shape index (κ3) is 2.69. The standard InChI is InChI=1S/C15H15ClN2O2S/c1-15(2)9-20-13(7-19)18(15)14-17-12(8-21-14)10-3-5-11(16)6-4-10/h3-8,13H,9H2,1-2H3. The molecule has 21 heavy (non-hydrogen) atoms. The van der Waals surface area contributed by atoms with Crippen molar-refractivity contribution in [2.45, 2.75) is 25.6 Å². The van der Waals surface area contributed by atoms with Crippen molar-refractivity contribution in [3.8, 4) is 11.3 Å². The van der Waals surface area contributed by atoms with Crippen LogP contribution in [0.2, 0.25) is 5.02 Å². The molecule has 2 aromatic rings. The molecule has 0 amide bonds. The summed E-state index contributed by atoms with van der Waals surface area (Å²) in [6.07, 6.45) is 0.252. The van der Waals surface area contributed by atoms with Crippen molar-refractivity contribution >= 4 is 34.4 Å². The van der Waals surface area contributed by atoms with Gasteiger partial charge in [0.25, 0.3) is 0 Å². The van der Waals surface area contributed by atoms with Crippen molar-refractivity contribution in [1.29, 1.82) is 0 Å². The Morgan fingerprint density at radius 1 is 1.43 bits per heavy atom. The number of carbonyl (C=O) groups is 1. The molecule has 1 fully saturated rings. The topological polar surface area (TPSA) is 42.4 Å². The van der Waals surface area contributed by atoms with Crippen LogP contribution in [0.1, 0.15) is 13.8 Å². The Morgan fingerprint density at radius 3 is 2.81 bits per heavy atom. The number of halogens is 1. The molecule has 6 heteroatoms. The maximum atomic E-state index is 11.2. The molecule has 0 spiro atoms. The van der Waals surface area contributed by atoms with E-state index >= 15 is 0 Å². The Hall–Kier alpha value is -1.43. The quantitative estimate of drug-likeness (QED) is 0.810. The van der Waals surface area contributed by atoms with Crippen LogP contribution in [-0.4, -0.2) is 29.6 Å². The molecule has 1 unspecified atom stereocenters. The molecule has 0 bridgehead atoms. The molecule has 1 atom stereocenters. The van der Waals surface area contributed by atoms with Crippen molar-refractivity contribution in [2.24, 2.45) is 0 Å². The molecule has 1 aliphatic heterocycles. The van der Waals surface area contributed by atoms with Gasteiger partial charge in [-0.05, 0) is 26.0 Å². The van der Waals surface area contributed by atoms with Gasteiger partial charge in [0.15, 0.2) is 17.6 Å². The number of benzene rings is 1. The number of anilines is 1. The van der Waals surface area contributed by atoms with E-state index in [1.807, 2.05) is 48.4 Å². The first-order valence-corrected chi connectivity index (χ1v) is 7.85. The summed E-state index contributed by atoms with van der Waals surface area (Å²) in [5.41, 5.74) is 1.63. The van der Waals surface area contributed by atoms with E-state index in [0.29, 0.717) is 11.6 Å². The third-order valence-corrected chi connectivity index (χ3v) is 4.56. The van der Waals surface area contributed by atoms with Gasteiger partial charge in [-0.25, -0.2) is 4.98 Å². The molecule has 2 heterocycles. The lowest BCUT2D eigenvalue weighted by Gasteiger charge is -2.30. The zero-order chi connectivity index (χ0) is 15.0. The monoisotopic (exact) mass is 322 g/mol. The fraction of sp³-hybridized carbons (Fsp3) is 0.333. The fourth-order valence-electron chi connectivity index (χ4n) is 2.37. The van der Waals surface area contributed by atoms with Crippen LogP contribution in [0.5, 0.6) is 0 Å². The van der Waals surface area contributed by atoms with Gasteiger partial charge in [-0.2, -0.15) is 0 Å². The first-order valence-electron chi connectivity index (χ1n) is 6.59. The first kappa shape index (κ1) is 14.5. The van der Waals surface area contributed by atoms with Crippen molar-refractivity contribution in [1.82, 2.24) is 4.98 Å². The molecule has 3 rings (SSSR count). The summed E-state index contributed by atoms with van der Waals surface area (Å²) in [6, 6.07) is 7.55. The molecule has 1 aromatic heterocycles. The number of aldehydes is 1. The molecular formula is C15H15ClN2O2S. The number of ether oxygens (including phenoxy) is 1. The molecule has 1 aliphatic rings. The minimum absolute atomic E-state index is 0.249. The minimum Gasteiger partial charge on any atom is -0.349 e. The number of hydrogen-bond acceptors (Lipinski definition) is 5. The van der Waals surface area contributed by atoms with Crippen LogP contribution in [0.3, 0.4) is 0 Å². The number of hydrogen-bond donors (Lipinski definition) is 0. The average molecular weight is 323 g/mol. The SMILES string of the molecule is CC1(C)COC(C=O)N1c1nc(-c2ccc(Cl)cc2)cs1. The summed E-state index contributed by atoms with van der Waals surface area (Å²) < 4.78 is 5.52. The second-order valence-electron chi connectivity index (χ2n) is 5.54. The molecule has 0 saturated carbocycles. The smallest absolute Gasteiger partial charge is 0.189 e.